The van der Waals surface area contributed by atoms with Crippen molar-refractivity contribution in [2.75, 3.05) is 19.0 Å². The molecule has 0 aliphatic heterocycles. The normalized spacial score (nSPS) is 10.6. The van der Waals surface area contributed by atoms with Crippen LogP contribution in [0.3, 0.4) is 0 Å². The van der Waals surface area contributed by atoms with Crippen molar-refractivity contribution in [1.29, 1.82) is 0 Å². The van der Waals surface area contributed by atoms with Gasteiger partial charge >= 0.3 is 0 Å². The van der Waals surface area contributed by atoms with Crippen LogP contribution in [0.1, 0.15) is 16.6 Å². The molecule has 7 heteroatoms. The summed E-state index contributed by atoms with van der Waals surface area (Å²) < 4.78 is 16.4. The molecule has 1 amide bonds. The van der Waals surface area contributed by atoms with Gasteiger partial charge in [0.05, 0.1) is 25.7 Å². The van der Waals surface area contributed by atoms with Gasteiger partial charge in [-0.25, -0.2) is 4.98 Å². The predicted octanol–water partition coefficient (Wildman–Crippen LogP) is 5.73. The molecule has 0 aliphatic carbocycles. The van der Waals surface area contributed by atoms with E-state index in [4.69, 9.17) is 13.9 Å². The highest BCUT2D eigenvalue weighted by Gasteiger charge is 2.22. The average molecular weight is 420 g/mol. The van der Waals surface area contributed by atoms with Crippen molar-refractivity contribution in [2.24, 2.45) is 0 Å². The lowest BCUT2D eigenvalue weighted by atomic mass is 10.1. The van der Waals surface area contributed by atoms with E-state index in [2.05, 4.69) is 10.3 Å². The lowest BCUT2D eigenvalue weighted by molar-refractivity contribution is 0.103. The molecule has 2 aromatic heterocycles. The van der Waals surface area contributed by atoms with Crippen LogP contribution in [0.5, 0.6) is 11.5 Å². The van der Waals surface area contributed by atoms with Crippen LogP contribution < -0.4 is 14.8 Å². The number of aromatic nitrogens is 1. The van der Waals surface area contributed by atoms with Crippen LogP contribution in [-0.2, 0) is 0 Å². The second-order valence-electron chi connectivity index (χ2n) is 6.29. The summed E-state index contributed by atoms with van der Waals surface area (Å²) in [6.45, 7) is 2.43. The van der Waals surface area contributed by atoms with Crippen LogP contribution in [-0.4, -0.2) is 24.6 Å². The van der Waals surface area contributed by atoms with Gasteiger partial charge in [0.25, 0.3) is 5.91 Å². The minimum absolute atomic E-state index is 0.254. The first-order valence-corrected chi connectivity index (χ1v) is 10.2. The standard InChI is InChI=1S/C23H20N2O4S/c1-3-28-17-12-11-16(14-19(17)27-2)24-22(26)21-20(15-8-5-4-6-9-15)25-23(30-21)18-10-7-13-29-18/h4-14H,3H2,1-2H3,(H,24,26). The summed E-state index contributed by atoms with van der Waals surface area (Å²) in [6.07, 6.45) is 1.59. The summed E-state index contributed by atoms with van der Waals surface area (Å²) >= 11 is 1.29. The number of hydrogen-bond donors (Lipinski definition) is 1. The molecule has 152 valence electrons. The number of hydrogen-bond acceptors (Lipinski definition) is 6. The molecule has 2 heterocycles. The fraction of sp³-hybridized carbons (Fsp3) is 0.130. The predicted molar refractivity (Wildman–Crippen MR) is 117 cm³/mol. The van der Waals surface area contributed by atoms with Crippen molar-refractivity contribution in [3.05, 3.63) is 71.8 Å². The molecule has 30 heavy (non-hydrogen) atoms. The van der Waals surface area contributed by atoms with Gasteiger partial charge < -0.3 is 19.2 Å². The Morgan fingerprint density at radius 1 is 1.10 bits per heavy atom. The number of carbonyl (C=O) groups is 1. The maximum absolute atomic E-state index is 13.2. The smallest absolute Gasteiger partial charge is 0.268 e. The SMILES string of the molecule is CCOc1ccc(NC(=O)c2sc(-c3ccco3)nc2-c2ccccc2)cc1OC. The summed E-state index contributed by atoms with van der Waals surface area (Å²) in [6, 6.07) is 18.5. The molecule has 2 aromatic carbocycles. The molecule has 4 rings (SSSR count). The fourth-order valence-electron chi connectivity index (χ4n) is 2.98. The summed E-state index contributed by atoms with van der Waals surface area (Å²) in [5.41, 5.74) is 2.08. The molecule has 0 spiro atoms. The van der Waals surface area contributed by atoms with E-state index in [0.717, 1.165) is 5.56 Å². The minimum atomic E-state index is -0.254. The van der Waals surface area contributed by atoms with Crippen molar-refractivity contribution in [3.63, 3.8) is 0 Å². The van der Waals surface area contributed by atoms with E-state index < -0.39 is 0 Å². The van der Waals surface area contributed by atoms with Crippen LogP contribution in [0.25, 0.3) is 22.0 Å². The van der Waals surface area contributed by atoms with Gasteiger partial charge in [-0.3, -0.25) is 4.79 Å². The molecule has 0 saturated carbocycles. The number of amides is 1. The van der Waals surface area contributed by atoms with Gasteiger partial charge in [0.2, 0.25) is 0 Å². The molecule has 0 atom stereocenters. The van der Waals surface area contributed by atoms with Crippen LogP contribution >= 0.6 is 11.3 Å². The van der Waals surface area contributed by atoms with Gasteiger partial charge in [0.1, 0.15) is 4.88 Å². The number of benzene rings is 2. The zero-order valence-corrected chi connectivity index (χ0v) is 17.4. The summed E-state index contributed by atoms with van der Waals surface area (Å²) in [5.74, 6) is 1.55. The maximum Gasteiger partial charge on any atom is 0.268 e. The highest BCUT2D eigenvalue weighted by atomic mass is 32.1. The third kappa shape index (κ3) is 4.06. The second-order valence-corrected chi connectivity index (χ2v) is 7.29. The average Bonchev–Trinajstić information content (AvgIpc) is 3.45. The Morgan fingerprint density at radius 3 is 2.63 bits per heavy atom. The molecule has 0 aliphatic rings. The molecular formula is C23H20N2O4S. The number of anilines is 1. The lowest BCUT2D eigenvalue weighted by Gasteiger charge is -2.11. The highest BCUT2D eigenvalue weighted by molar-refractivity contribution is 7.17. The molecule has 6 nitrogen and oxygen atoms in total. The largest absolute Gasteiger partial charge is 0.493 e. The maximum atomic E-state index is 13.2. The van der Waals surface area contributed by atoms with E-state index in [1.54, 1.807) is 37.6 Å². The van der Waals surface area contributed by atoms with Gasteiger partial charge in [-0.05, 0) is 31.2 Å². The van der Waals surface area contributed by atoms with Crippen molar-refractivity contribution in [2.45, 2.75) is 6.92 Å². The van der Waals surface area contributed by atoms with Crippen LogP contribution in [0, 0.1) is 0 Å². The Morgan fingerprint density at radius 2 is 1.93 bits per heavy atom. The third-order valence-electron chi connectivity index (χ3n) is 4.33. The van der Waals surface area contributed by atoms with Crippen LogP contribution in [0.2, 0.25) is 0 Å². The number of carbonyl (C=O) groups excluding carboxylic acids is 1. The first-order chi connectivity index (χ1) is 14.7. The number of nitrogens with one attached hydrogen (secondary N) is 1. The van der Waals surface area contributed by atoms with Crippen LogP contribution in [0.15, 0.2) is 71.3 Å². The fourth-order valence-corrected chi connectivity index (χ4v) is 3.93. The molecule has 0 fully saturated rings. The van der Waals surface area contributed by atoms with Crippen LogP contribution in [0.4, 0.5) is 5.69 Å². The van der Waals surface area contributed by atoms with Gasteiger partial charge in [0.15, 0.2) is 22.3 Å². The van der Waals surface area contributed by atoms with E-state index >= 15 is 0 Å². The Balaban J connectivity index is 1.68. The van der Waals surface area contributed by atoms with Gasteiger partial charge in [0, 0.05) is 17.3 Å². The number of rotatable bonds is 7. The van der Waals surface area contributed by atoms with Crippen molar-refractivity contribution in [3.8, 4) is 33.5 Å². The zero-order valence-electron chi connectivity index (χ0n) is 16.5. The Bertz CT molecular complexity index is 1140. The summed E-state index contributed by atoms with van der Waals surface area (Å²) in [5, 5.41) is 3.58. The van der Waals surface area contributed by atoms with Gasteiger partial charge in [-0.1, -0.05) is 30.3 Å². The number of ether oxygens (including phenoxy) is 2. The van der Waals surface area contributed by atoms with E-state index in [-0.39, 0.29) is 5.91 Å². The third-order valence-corrected chi connectivity index (χ3v) is 5.40. The zero-order chi connectivity index (χ0) is 20.9. The summed E-state index contributed by atoms with van der Waals surface area (Å²) in [7, 11) is 1.57. The highest BCUT2D eigenvalue weighted by Crippen LogP contribution is 2.35. The summed E-state index contributed by atoms with van der Waals surface area (Å²) in [4.78, 5) is 18.3. The van der Waals surface area contributed by atoms with Gasteiger partial charge in [-0.2, -0.15) is 0 Å². The van der Waals surface area contributed by atoms with Crippen molar-refractivity contribution >= 4 is 22.9 Å². The Kier molecular flexibility index (Phi) is 5.81. The Labute approximate surface area is 178 Å². The first-order valence-electron chi connectivity index (χ1n) is 9.42. The van der Waals surface area contributed by atoms with E-state index in [1.165, 1.54) is 11.3 Å². The molecule has 4 aromatic rings. The molecular weight excluding hydrogens is 400 g/mol. The quantitative estimate of drug-likeness (QED) is 0.413. The lowest BCUT2D eigenvalue weighted by Crippen LogP contribution is -2.11. The van der Waals surface area contributed by atoms with E-state index in [1.807, 2.05) is 43.3 Å². The number of nitrogens with zero attached hydrogens (tertiary/aromatic N) is 1. The molecule has 0 radical (unpaired) electrons. The molecule has 0 saturated heterocycles. The first kappa shape index (κ1) is 19.7. The van der Waals surface area contributed by atoms with Crippen molar-refractivity contribution in [1.82, 2.24) is 4.98 Å². The number of methoxy groups -OCH3 is 1. The molecule has 1 N–H and O–H groups in total. The topological polar surface area (TPSA) is 73.6 Å². The van der Waals surface area contributed by atoms with E-state index in [9.17, 15) is 4.79 Å². The monoisotopic (exact) mass is 420 g/mol. The van der Waals surface area contributed by atoms with E-state index in [0.29, 0.717) is 45.1 Å². The second kappa shape index (κ2) is 8.84. The minimum Gasteiger partial charge on any atom is -0.493 e. The van der Waals surface area contributed by atoms with Gasteiger partial charge in [-0.15, -0.1) is 11.3 Å². The number of thiazole rings is 1. The van der Waals surface area contributed by atoms with Crippen molar-refractivity contribution < 1.29 is 18.7 Å². The molecule has 0 bridgehead atoms. The Hall–Kier alpha value is -3.58. The number of furan rings is 1. The molecule has 0 unspecified atom stereocenters.